The summed E-state index contributed by atoms with van der Waals surface area (Å²) in [6.45, 7) is 5.81. The van der Waals surface area contributed by atoms with Crippen LogP contribution in [0.15, 0.2) is 24.3 Å². The monoisotopic (exact) mass is 360 g/mol. The topological polar surface area (TPSA) is 53.4 Å². The Morgan fingerprint density at radius 2 is 2.08 bits per heavy atom. The van der Waals surface area contributed by atoms with Gasteiger partial charge in [-0.15, -0.1) is 0 Å². The van der Waals surface area contributed by atoms with E-state index in [4.69, 9.17) is 21.1 Å². The number of unbranched alkanes of at least 4 members (excludes halogenated alkanes) is 1. The Labute approximate surface area is 152 Å². The van der Waals surface area contributed by atoms with Gasteiger partial charge < -0.3 is 9.47 Å². The molecule has 0 atom stereocenters. The molecule has 3 rings (SSSR count). The first-order valence-corrected chi connectivity index (χ1v) is 8.83. The van der Waals surface area contributed by atoms with Gasteiger partial charge in [0.2, 0.25) is 0 Å². The molecule has 1 aliphatic rings. The highest BCUT2D eigenvalue weighted by Crippen LogP contribution is 2.31. The molecule has 132 valence electrons. The number of aromatic nitrogens is 2. The fraction of sp³-hybridized carbons (Fsp3) is 0.368. The standard InChI is InChI=1S/C19H21ClN2O3/c1-3-4-9-22-19(20)15(13(2)21-22)6-7-16(23)14-5-8-17-18(12-14)25-11-10-24-17/h5-8,12H,3-4,9-11H2,1-2H3/b7-6+. The molecule has 6 heteroatoms. The van der Waals surface area contributed by atoms with Gasteiger partial charge in [0.25, 0.3) is 0 Å². The van der Waals surface area contributed by atoms with E-state index >= 15 is 0 Å². The predicted octanol–water partition coefficient (Wildman–Crippen LogP) is 4.31. The van der Waals surface area contributed by atoms with Crippen LogP contribution < -0.4 is 9.47 Å². The van der Waals surface area contributed by atoms with Crippen LogP contribution in [0.4, 0.5) is 0 Å². The summed E-state index contributed by atoms with van der Waals surface area (Å²) in [5, 5.41) is 5.01. The molecular weight excluding hydrogens is 340 g/mol. The smallest absolute Gasteiger partial charge is 0.185 e. The number of halogens is 1. The molecule has 1 aromatic carbocycles. The van der Waals surface area contributed by atoms with Crippen LogP contribution >= 0.6 is 11.6 Å². The lowest BCUT2D eigenvalue weighted by Crippen LogP contribution is -2.15. The van der Waals surface area contributed by atoms with Crippen molar-refractivity contribution in [2.45, 2.75) is 33.2 Å². The molecule has 0 unspecified atom stereocenters. The molecule has 2 heterocycles. The Bertz CT molecular complexity index is 811. The minimum Gasteiger partial charge on any atom is -0.486 e. The van der Waals surface area contributed by atoms with Gasteiger partial charge in [-0.3, -0.25) is 9.48 Å². The van der Waals surface area contributed by atoms with Crippen LogP contribution in [0.1, 0.15) is 41.4 Å². The van der Waals surface area contributed by atoms with Crippen molar-refractivity contribution < 1.29 is 14.3 Å². The van der Waals surface area contributed by atoms with Crippen LogP contribution in [0, 0.1) is 6.92 Å². The van der Waals surface area contributed by atoms with Crippen molar-refractivity contribution in [3.05, 3.63) is 46.2 Å². The molecule has 25 heavy (non-hydrogen) atoms. The average molecular weight is 361 g/mol. The lowest BCUT2D eigenvalue weighted by Gasteiger charge is -2.18. The summed E-state index contributed by atoms with van der Waals surface area (Å²) < 4.78 is 12.8. The van der Waals surface area contributed by atoms with Gasteiger partial charge in [0.15, 0.2) is 17.3 Å². The third-order valence-corrected chi connectivity index (χ3v) is 4.46. The number of carbonyl (C=O) groups is 1. The van der Waals surface area contributed by atoms with E-state index in [-0.39, 0.29) is 5.78 Å². The summed E-state index contributed by atoms with van der Waals surface area (Å²) in [5.74, 6) is 1.16. The minimum absolute atomic E-state index is 0.117. The molecule has 1 aromatic heterocycles. The van der Waals surface area contributed by atoms with Gasteiger partial charge in [0.05, 0.1) is 5.69 Å². The predicted molar refractivity (Wildman–Crippen MR) is 97.7 cm³/mol. The highest BCUT2D eigenvalue weighted by Gasteiger charge is 2.15. The Morgan fingerprint density at radius 3 is 2.84 bits per heavy atom. The molecule has 1 aliphatic heterocycles. The number of ether oxygens (including phenoxy) is 2. The van der Waals surface area contributed by atoms with Crippen LogP contribution in [-0.4, -0.2) is 28.8 Å². The van der Waals surface area contributed by atoms with Gasteiger partial charge in [-0.1, -0.05) is 24.9 Å². The highest BCUT2D eigenvalue weighted by atomic mass is 35.5. The number of hydrogen-bond acceptors (Lipinski definition) is 4. The molecule has 2 aromatic rings. The van der Waals surface area contributed by atoms with E-state index in [1.54, 1.807) is 29.0 Å². The van der Waals surface area contributed by atoms with E-state index in [0.29, 0.717) is 35.4 Å². The second-order valence-electron chi connectivity index (χ2n) is 5.92. The summed E-state index contributed by atoms with van der Waals surface area (Å²) in [6, 6.07) is 5.20. The fourth-order valence-electron chi connectivity index (χ4n) is 2.66. The number of aryl methyl sites for hydroxylation is 2. The van der Waals surface area contributed by atoms with E-state index in [2.05, 4.69) is 12.0 Å². The van der Waals surface area contributed by atoms with Crippen molar-refractivity contribution in [1.82, 2.24) is 9.78 Å². The molecule has 0 aliphatic carbocycles. The van der Waals surface area contributed by atoms with Crippen molar-refractivity contribution in [2.24, 2.45) is 0 Å². The first-order chi connectivity index (χ1) is 12.1. The van der Waals surface area contributed by atoms with Crippen molar-refractivity contribution in [3.8, 4) is 11.5 Å². The molecule has 0 radical (unpaired) electrons. The number of allylic oxidation sites excluding steroid dienone is 1. The second kappa shape index (κ2) is 7.74. The summed E-state index contributed by atoms with van der Waals surface area (Å²) in [4.78, 5) is 12.5. The second-order valence-corrected chi connectivity index (χ2v) is 6.28. The maximum Gasteiger partial charge on any atom is 0.185 e. The van der Waals surface area contributed by atoms with Crippen molar-refractivity contribution >= 4 is 23.5 Å². The number of carbonyl (C=O) groups excluding carboxylic acids is 1. The van der Waals surface area contributed by atoms with E-state index < -0.39 is 0 Å². The van der Waals surface area contributed by atoms with Gasteiger partial charge in [0.1, 0.15) is 18.4 Å². The zero-order valence-electron chi connectivity index (χ0n) is 14.4. The quantitative estimate of drug-likeness (QED) is 0.569. The van der Waals surface area contributed by atoms with Crippen LogP contribution in [0.25, 0.3) is 6.08 Å². The number of rotatable bonds is 6. The summed E-state index contributed by atoms with van der Waals surface area (Å²) >= 11 is 6.39. The van der Waals surface area contributed by atoms with E-state index in [9.17, 15) is 4.79 Å². The van der Waals surface area contributed by atoms with Crippen molar-refractivity contribution in [2.75, 3.05) is 13.2 Å². The maximum absolute atomic E-state index is 12.5. The fourth-order valence-corrected chi connectivity index (χ4v) is 2.99. The minimum atomic E-state index is -0.117. The summed E-state index contributed by atoms with van der Waals surface area (Å²) in [7, 11) is 0. The summed E-state index contributed by atoms with van der Waals surface area (Å²) in [5.41, 5.74) is 2.14. The number of benzene rings is 1. The average Bonchev–Trinajstić information content (AvgIpc) is 2.90. The summed E-state index contributed by atoms with van der Waals surface area (Å²) in [6.07, 6.45) is 5.33. The third kappa shape index (κ3) is 3.87. The van der Waals surface area contributed by atoms with Crippen molar-refractivity contribution in [3.63, 3.8) is 0 Å². The normalized spacial score (nSPS) is 13.4. The Morgan fingerprint density at radius 1 is 1.32 bits per heavy atom. The lowest BCUT2D eigenvalue weighted by atomic mass is 10.1. The largest absolute Gasteiger partial charge is 0.486 e. The molecule has 0 bridgehead atoms. The molecule has 0 spiro atoms. The van der Waals surface area contributed by atoms with Crippen LogP contribution in [0.2, 0.25) is 5.15 Å². The van der Waals surface area contributed by atoms with Gasteiger partial charge in [-0.25, -0.2) is 0 Å². The van der Waals surface area contributed by atoms with E-state index in [1.807, 2.05) is 6.92 Å². The van der Waals surface area contributed by atoms with Crippen LogP contribution in [-0.2, 0) is 6.54 Å². The Kier molecular flexibility index (Phi) is 5.43. The van der Waals surface area contributed by atoms with Crippen LogP contribution in [0.5, 0.6) is 11.5 Å². The van der Waals surface area contributed by atoms with Gasteiger partial charge in [-0.2, -0.15) is 5.10 Å². The Balaban J connectivity index is 1.78. The van der Waals surface area contributed by atoms with Gasteiger partial charge in [-0.05, 0) is 43.7 Å². The van der Waals surface area contributed by atoms with Gasteiger partial charge >= 0.3 is 0 Å². The lowest BCUT2D eigenvalue weighted by molar-refractivity contribution is 0.104. The Hall–Kier alpha value is -2.27. The highest BCUT2D eigenvalue weighted by molar-refractivity contribution is 6.31. The van der Waals surface area contributed by atoms with E-state index in [1.165, 1.54) is 6.08 Å². The zero-order chi connectivity index (χ0) is 17.8. The number of nitrogens with zero attached hydrogens (tertiary/aromatic N) is 2. The molecule has 0 amide bonds. The molecule has 0 saturated heterocycles. The molecular formula is C19H21ClN2O3. The number of ketones is 1. The molecule has 0 saturated carbocycles. The van der Waals surface area contributed by atoms with Crippen molar-refractivity contribution in [1.29, 1.82) is 0 Å². The number of fused-ring (bicyclic) bond motifs is 1. The number of hydrogen-bond donors (Lipinski definition) is 0. The van der Waals surface area contributed by atoms with Crippen LogP contribution in [0.3, 0.4) is 0 Å². The first-order valence-electron chi connectivity index (χ1n) is 8.45. The van der Waals surface area contributed by atoms with Gasteiger partial charge in [0, 0.05) is 17.7 Å². The maximum atomic E-state index is 12.5. The molecule has 0 N–H and O–H groups in total. The molecule has 5 nitrogen and oxygen atoms in total. The molecule has 0 fully saturated rings. The SMILES string of the molecule is CCCCn1nc(C)c(/C=C/C(=O)c2ccc3c(c2)OCCO3)c1Cl. The first kappa shape index (κ1) is 17.5. The van der Waals surface area contributed by atoms with E-state index in [0.717, 1.165) is 30.6 Å². The zero-order valence-corrected chi connectivity index (χ0v) is 15.2. The third-order valence-electron chi connectivity index (χ3n) is 4.06.